The molecule has 9 heteroatoms. The molecule has 1 aromatic heterocycles. The number of ether oxygens (including phenoxy) is 1. The van der Waals surface area contributed by atoms with Crippen molar-refractivity contribution in [1.82, 2.24) is 10.1 Å². The Morgan fingerprint density at radius 2 is 2.22 bits per heavy atom. The van der Waals surface area contributed by atoms with Gasteiger partial charge in [0.05, 0.1) is 5.69 Å². The van der Waals surface area contributed by atoms with E-state index in [2.05, 4.69) is 10.5 Å². The molecule has 2 amide bonds. The maximum absolute atomic E-state index is 11.7. The summed E-state index contributed by atoms with van der Waals surface area (Å²) in [5, 5.41) is 6.18. The molecule has 0 saturated carbocycles. The molecule has 1 saturated heterocycles. The molecule has 2 heterocycles. The van der Waals surface area contributed by atoms with Crippen LogP contribution in [0.1, 0.15) is 26.5 Å². The van der Waals surface area contributed by atoms with Gasteiger partial charge in [-0.05, 0) is 0 Å². The second-order valence-electron chi connectivity index (χ2n) is 6.07. The van der Waals surface area contributed by atoms with Gasteiger partial charge in [0.2, 0.25) is 5.88 Å². The van der Waals surface area contributed by atoms with E-state index in [1.165, 1.54) is 4.90 Å². The van der Waals surface area contributed by atoms with Crippen LogP contribution in [0.3, 0.4) is 0 Å². The summed E-state index contributed by atoms with van der Waals surface area (Å²) < 4.78 is 9.86. The Hall–Kier alpha value is -2.03. The highest BCUT2D eigenvalue weighted by atomic mass is 32.2. The van der Waals surface area contributed by atoms with Crippen LogP contribution < -0.4 is 5.32 Å². The van der Waals surface area contributed by atoms with Crippen molar-refractivity contribution >= 4 is 34.8 Å². The number of rotatable bonds is 5. The Morgan fingerprint density at radius 1 is 1.48 bits per heavy atom. The molecule has 0 aliphatic carbocycles. The van der Waals surface area contributed by atoms with Crippen molar-refractivity contribution in [2.75, 3.05) is 30.8 Å². The molecule has 1 aliphatic heterocycles. The van der Waals surface area contributed by atoms with E-state index in [9.17, 15) is 14.4 Å². The van der Waals surface area contributed by atoms with E-state index in [0.717, 1.165) is 11.8 Å². The summed E-state index contributed by atoms with van der Waals surface area (Å²) in [7, 11) is 0. The summed E-state index contributed by atoms with van der Waals surface area (Å²) in [5.74, 6) is -0.295. The molecule has 1 N–H and O–H groups in total. The van der Waals surface area contributed by atoms with Crippen LogP contribution in [-0.4, -0.2) is 52.6 Å². The molecular formula is C14H19N3O5S. The van der Waals surface area contributed by atoms with Crippen LogP contribution in [-0.2, 0) is 19.7 Å². The molecule has 8 nitrogen and oxygen atoms in total. The highest BCUT2D eigenvalue weighted by Crippen LogP contribution is 2.23. The summed E-state index contributed by atoms with van der Waals surface area (Å²) in [5.41, 5.74) is 0.508. The highest BCUT2D eigenvalue weighted by molar-refractivity contribution is 8.13. The first-order valence-corrected chi connectivity index (χ1v) is 8.08. The number of esters is 1. The Bertz CT molecular complexity index is 608. The number of carbonyl (C=O) groups is 3. The molecule has 23 heavy (non-hydrogen) atoms. The normalized spacial score (nSPS) is 14.9. The molecule has 0 aromatic carbocycles. The van der Waals surface area contributed by atoms with Crippen molar-refractivity contribution in [2.24, 2.45) is 0 Å². The van der Waals surface area contributed by atoms with Crippen LogP contribution >= 0.6 is 11.8 Å². The largest absolute Gasteiger partial charge is 0.454 e. The predicted molar refractivity (Wildman–Crippen MR) is 84.2 cm³/mol. The fourth-order valence-electron chi connectivity index (χ4n) is 1.78. The molecule has 1 aromatic rings. The van der Waals surface area contributed by atoms with Crippen molar-refractivity contribution in [3.8, 4) is 0 Å². The quantitative estimate of drug-likeness (QED) is 0.812. The molecule has 0 radical (unpaired) electrons. The van der Waals surface area contributed by atoms with Crippen molar-refractivity contribution in [2.45, 2.75) is 26.2 Å². The predicted octanol–water partition coefficient (Wildman–Crippen LogP) is 1.62. The van der Waals surface area contributed by atoms with E-state index in [-0.39, 0.29) is 23.1 Å². The van der Waals surface area contributed by atoms with Crippen LogP contribution in [0.2, 0.25) is 0 Å². The highest BCUT2D eigenvalue weighted by Gasteiger charge is 2.24. The number of anilines is 1. The van der Waals surface area contributed by atoms with Gasteiger partial charge in [-0.15, -0.1) is 0 Å². The van der Waals surface area contributed by atoms with Gasteiger partial charge in [-0.25, -0.2) is 0 Å². The topological polar surface area (TPSA) is 102 Å². The summed E-state index contributed by atoms with van der Waals surface area (Å²) in [6.45, 7) is 5.83. The van der Waals surface area contributed by atoms with Gasteiger partial charge in [-0.2, -0.15) is 0 Å². The zero-order valence-electron chi connectivity index (χ0n) is 13.2. The van der Waals surface area contributed by atoms with E-state index in [0.29, 0.717) is 18.0 Å². The Labute approximate surface area is 137 Å². The minimum atomic E-state index is -0.621. The van der Waals surface area contributed by atoms with Gasteiger partial charge >= 0.3 is 5.97 Å². The van der Waals surface area contributed by atoms with Gasteiger partial charge in [0.15, 0.2) is 6.61 Å². The van der Waals surface area contributed by atoms with Crippen LogP contribution in [0.5, 0.6) is 0 Å². The van der Waals surface area contributed by atoms with Gasteiger partial charge in [-0.3, -0.25) is 19.7 Å². The Balaban J connectivity index is 1.75. The van der Waals surface area contributed by atoms with Gasteiger partial charge < -0.3 is 14.2 Å². The molecule has 1 aliphatic rings. The summed E-state index contributed by atoms with van der Waals surface area (Å²) in [6.07, 6.45) is 0. The van der Waals surface area contributed by atoms with Crippen molar-refractivity contribution in [3.05, 3.63) is 11.8 Å². The van der Waals surface area contributed by atoms with Gasteiger partial charge in [0.1, 0.15) is 6.54 Å². The third-order valence-corrected chi connectivity index (χ3v) is 3.96. The lowest BCUT2D eigenvalue weighted by atomic mass is 9.92. The zero-order valence-corrected chi connectivity index (χ0v) is 14.1. The Morgan fingerprint density at radius 3 is 2.78 bits per heavy atom. The molecule has 1 fully saturated rings. The van der Waals surface area contributed by atoms with Crippen LogP contribution in [0.4, 0.5) is 10.7 Å². The van der Waals surface area contributed by atoms with E-state index < -0.39 is 18.5 Å². The number of aromatic nitrogens is 1. The van der Waals surface area contributed by atoms with Crippen molar-refractivity contribution in [3.63, 3.8) is 0 Å². The standard InChI is InChI=1S/C14H19N3O5S/c1-14(2,3)9-6-11(22-16-9)15-10(18)8-21-12(19)7-17-4-5-23-13(17)20/h6H,4-5,7-8H2,1-3H3,(H,15,18). The summed E-state index contributed by atoms with van der Waals surface area (Å²) in [4.78, 5) is 36.1. The number of thioether (sulfide) groups is 1. The average Bonchev–Trinajstić information content (AvgIpc) is 3.06. The van der Waals surface area contributed by atoms with Gasteiger partial charge in [-0.1, -0.05) is 37.7 Å². The third kappa shape index (κ3) is 4.98. The van der Waals surface area contributed by atoms with Gasteiger partial charge in [0, 0.05) is 23.8 Å². The lowest BCUT2D eigenvalue weighted by Crippen LogP contribution is -2.32. The van der Waals surface area contributed by atoms with Crippen molar-refractivity contribution in [1.29, 1.82) is 0 Å². The monoisotopic (exact) mass is 341 g/mol. The number of carbonyl (C=O) groups excluding carboxylic acids is 3. The average molecular weight is 341 g/mol. The van der Waals surface area contributed by atoms with E-state index >= 15 is 0 Å². The molecule has 0 unspecified atom stereocenters. The summed E-state index contributed by atoms with van der Waals surface area (Å²) >= 11 is 1.16. The first kappa shape index (κ1) is 17.3. The SMILES string of the molecule is CC(C)(C)c1cc(NC(=O)COC(=O)CN2CCSC2=O)on1. The van der Waals surface area contributed by atoms with E-state index in [1.54, 1.807) is 6.07 Å². The van der Waals surface area contributed by atoms with Crippen LogP contribution in [0, 0.1) is 0 Å². The molecule has 2 rings (SSSR count). The lowest BCUT2D eigenvalue weighted by molar-refractivity contribution is -0.147. The molecule has 126 valence electrons. The van der Waals surface area contributed by atoms with E-state index in [4.69, 9.17) is 9.26 Å². The third-order valence-electron chi connectivity index (χ3n) is 3.07. The maximum Gasteiger partial charge on any atom is 0.326 e. The first-order valence-electron chi connectivity index (χ1n) is 7.10. The smallest absolute Gasteiger partial charge is 0.326 e. The van der Waals surface area contributed by atoms with E-state index in [1.807, 2.05) is 20.8 Å². The number of nitrogens with zero attached hydrogens (tertiary/aromatic N) is 2. The second kappa shape index (κ2) is 7.03. The second-order valence-corrected chi connectivity index (χ2v) is 7.12. The minimum Gasteiger partial charge on any atom is -0.454 e. The number of nitrogens with one attached hydrogen (secondary N) is 1. The maximum atomic E-state index is 11.7. The fourth-order valence-corrected chi connectivity index (χ4v) is 2.60. The molecule has 0 atom stereocenters. The molecule has 0 bridgehead atoms. The van der Waals surface area contributed by atoms with Crippen LogP contribution in [0.15, 0.2) is 10.6 Å². The van der Waals surface area contributed by atoms with Crippen LogP contribution in [0.25, 0.3) is 0 Å². The number of hydrogen-bond donors (Lipinski definition) is 1. The first-order chi connectivity index (χ1) is 10.8. The summed E-state index contributed by atoms with van der Waals surface area (Å²) in [6, 6.07) is 1.62. The fraction of sp³-hybridized carbons (Fsp3) is 0.571. The minimum absolute atomic E-state index is 0.143. The molecule has 0 spiro atoms. The van der Waals surface area contributed by atoms with Crippen molar-refractivity contribution < 1.29 is 23.6 Å². The number of hydrogen-bond acceptors (Lipinski definition) is 7. The zero-order chi connectivity index (χ0) is 17.0. The van der Waals surface area contributed by atoms with Gasteiger partial charge in [0.25, 0.3) is 11.1 Å². The lowest BCUT2D eigenvalue weighted by Gasteiger charge is -2.13. The number of amides is 2. The Kier molecular flexibility index (Phi) is 5.30. The molecular weight excluding hydrogens is 322 g/mol.